The predicted molar refractivity (Wildman–Crippen MR) is 109 cm³/mol. The Morgan fingerprint density at radius 3 is 2.64 bits per heavy atom. The Morgan fingerprint density at radius 2 is 1.88 bits per heavy atom. The van der Waals surface area contributed by atoms with E-state index in [9.17, 15) is 0 Å². The Bertz CT molecular complexity index is 565. The van der Waals surface area contributed by atoms with E-state index in [4.69, 9.17) is 13.8 Å². The number of ether oxygens (including phenoxy) is 1. The summed E-state index contributed by atoms with van der Waals surface area (Å²) in [6.45, 7) is 3.46. The lowest BCUT2D eigenvalue weighted by Crippen LogP contribution is -2.63. The summed E-state index contributed by atoms with van der Waals surface area (Å²) in [4.78, 5) is 0. The van der Waals surface area contributed by atoms with E-state index in [1.165, 1.54) is 44.9 Å². The second-order valence-corrected chi connectivity index (χ2v) is 11.6. The fourth-order valence-electron chi connectivity index (χ4n) is 7.99. The number of hydrogen-bond acceptors (Lipinski definition) is 3. The summed E-state index contributed by atoms with van der Waals surface area (Å²) in [5, 5.41) is 0. The van der Waals surface area contributed by atoms with Crippen molar-refractivity contribution in [3.63, 3.8) is 0 Å². The summed E-state index contributed by atoms with van der Waals surface area (Å²) in [6.07, 6.45) is 11.1. The number of hydrogen-bond donors (Lipinski definition) is 0. The van der Waals surface area contributed by atoms with Crippen molar-refractivity contribution >= 4 is 34.9 Å². The maximum Gasteiger partial charge on any atom is 0.0738 e. The van der Waals surface area contributed by atoms with E-state index in [1.54, 1.807) is 0 Å². The summed E-state index contributed by atoms with van der Waals surface area (Å²) in [5.41, 5.74) is 0.688. The van der Waals surface area contributed by atoms with Crippen molar-refractivity contribution in [3.05, 3.63) is 0 Å². The average molecular weight is 449 g/mol. The third kappa shape index (κ3) is 2.22. The van der Waals surface area contributed by atoms with Gasteiger partial charge in [-0.25, -0.2) is 0 Å². The van der Waals surface area contributed by atoms with Crippen LogP contribution in [0.15, 0.2) is 0 Å². The van der Waals surface area contributed by atoms with Crippen molar-refractivity contribution in [1.82, 2.24) is 0 Å². The summed E-state index contributed by atoms with van der Waals surface area (Å²) in [7, 11) is 5.04. The van der Waals surface area contributed by atoms with Gasteiger partial charge in [0, 0.05) is 24.3 Å². The Balaban J connectivity index is 1.50. The van der Waals surface area contributed by atoms with Crippen molar-refractivity contribution in [2.24, 2.45) is 28.6 Å². The molecule has 2 bridgehead atoms. The molecular formula is C19H31BrO3P2. The highest BCUT2D eigenvalue weighted by molar-refractivity contribution is 9.10. The van der Waals surface area contributed by atoms with Crippen LogP contribution in [-0.2, 0) is 13.8 Å². The molecule has 11 atom stereocenters. The Morgan fingerprint density at radius 1 is 1.04 bits per heavy atom. The molecule has 0 aromatic carbocycles. The number of rotatable bonds is 2. The van der Waals surface area contributed by atoms with Crippen LogP contribution in [0.25, 0.3) is 0 Å². The molecule has 0 N–H and O–H groups in total. The van der Waals surface area contributed by atoms with Gasteiger partial charge >= 0.3 is 0 Å². The van der Waals surface area contributed by atoms with E-state index in [2.05, 4.69) is 41.8 Å². The lowest BCUT2D eigenvalue weighted by molar-refractivity contribution is -0.104. The number of halogens is 1. The minimum absolute atomic E-state index is 0.128. The molecule has 4 saturated carbocycles. The molecule has 0 aromatic heterocycles. The van der Waals surface area contributed by atoms with Gasteiger partial charge in [-0.05, 0) is 74.5 Å². The topological polar surface area (TPSA) is 27.7 Å². The van der Waals surface area contributed by atoms with Gasteiger partial charge in [0.1, 0.15) is 0 Å². The van der Waals surface area contributed by atoms with Crippen molar-refractivity contribution in [1.29, 1.82) is 0 Å². The predicted octanol–water partition coefficient (Wildman–Crippen LogP) is 4.89. The van der Waals surface area contributed by atoms with E-state index < -0.39 is 0 Å². The lowest BCUT2D eigenvalue weighted by atomic mass is 9.45. The minimum atomic E-state index is 0.128. The molecule has 5 unspecified atom stereocenters. The summed E-state index contributed by atoms with van der Waals surface area (Å²) >= 11 is 4.27. The smallest absolute Gasteiger partial charge is 0.0738 e. The molecule has 6 heteroatoms. The average Bonchev–Trinajstić information content (AvgIpc) is 3.03. The molecule has 4 aliphatic carbocycles. The maximum atomic E-state index is 6.49. The zero-order valence-electron chi connectivity index (χ0n) is 15.1. The molecular weight excluding hydrogens is 418 g/mol. The van der Waals surface area contributed by atoms with Crippen LogP contribution >= 0.6 is 34.9 Å². The zero-order valence-corrected chi connectivity index (χ0v) is 19.0. The summed E-state index contributed by atoms with van der Waals surface area (Å²) in [5.74, 6) is 2.43. The summed E-state index contributed by atoms with van der Waals surface area (Å²) in [6, 6.07) is 0. The van der Waals surface area contributed by atoms with Crippen LogP contribution in [-0.4, -0.2) is 29.2 Å². The van der Waals surface area contributed by atoms with E-state index in [1.807, 2.05) is 0 Å². The first-order valence-corrected chi connectivity index (χ1v) is 11.7. The van der Waals surface area contributed by atoms with Crippen LogP contribution in [0.1, 0.15) is 58.3 Å². The maximum absolute atomic E-state index is 6.49. The van der Waals surface area contributed by atoms with Crippen molar-refractivity contribution in [2.45, 2.75) is 80.9 Å². The van der Waals surface area contributed by atoms with Gasteiger partial charge in [-0.2, -0.15) is 0 Å². The van der Waals surface area contributed by atoms with Crippen molar-refractivity contribution in [3.8, 4) is 0 Å². The summed E-state index contributed by atoms with van der Waals surface area (Å²) < 4.78 is 18.2. The fraction of sp³-hybridized carbons (Fsp3) is 1.00. The Labute approximate surface area is 164 Å². The van der Waals surface area contributed by atoms with Gasteiger partial charge in [0.15, 0.2) is 0 Å². The van der Waals surface area contributed by atoms with E-state index >= 15 is 0 Å². The number of alkyl halides is 1. The minimum Gasteiger partial charge on any atom is -0.376 e. The highest BCUT2D eigenvalue weighted by Gasteiger charge is 2.72. The molecule has 1 heterocycles. The third-order valence-electron chi connectivity index (χ3n) is 9.22. The second kappa shape index (κ2) is 6.11. The van der Waals surface area contributed by atoms with Crippen LogP contribution in [0.5, 0.6) is 0 Å². The van der Waals surface area contributed by atoms with E-state index in [0.717, 1.165) is 30.8 Å². The zero-order chi connectivity index (χ0) is 17.4. The van der Waals surface area contributed by atoms with Crippen LogP contribution in [0.3, 0.4) is 0 Å². The molecule has 5 aliphatic rings. The molecule has 142 valence electrons. The SMILES string of the molecule is C[C@]12CCC3C(C[C@H]4OC[C@@]35CC[C@H](OP)C[C@]45Br)C1CC[C@@H]2OP. The monoisotopic (exact) mass is 448 g/mol. The van der Waals surface area contributed by atoms with Gasteiger partial charge in [0.25, 0.3) is 0 Å². The Hall–Kier alpha value is 1.22. The lowest BCUT2D eigenvalue weighted by Gasteiger charge is -2.62. The Kier molecular flexibility index (Phi) is 4.46. The van der Waals surface area contributed by atoms with E-state index in [-0.39, 0.29) is 4.32 Å². The van der Waals surface area contributed by atoms with Gasteiger partial charge in [-0.3, -0.25) is 0 Å². The van der Waals surface area contributed by atoms with Crippen LogP contribution in [0.4, 0.5) is 0 Å². The van der Waals surface area contributed by atoms with E-state index in [0.29, 0.717) is 29.1 Å². The standard InChI is InChI=1S/C19H31BrO3P2/c1-17-6-5-14-12(13(17)2-3-15(17)23-25)8-16-19(20)9-11(22-24)4-7-18(14,19)10-21-16/h11-16H,2-10,24-25H2,1H3/t11-,12?,13?,14?,15-,16+,17-,18-,19-/m0/s1. The molecule has 5 fully saturated rings. The highest BCUT2D eigenvalue weighted by Crippen LogP contribution is 2.72. The first kappa shape index (κ1) is 18.3. The molecule has 0 radical (unpaired) electrons. The molecule has 5 rings (SSSR count). The normalized spacial score (nSPS) is 60.0. The van der Waals surface area contributed by atoms with Gasteiger partial charge < -0.3 is 13.8 Å². The van der Waals surface area contributed by atoms with Crippen LogP contribution in [0, 0.1) is 28.6 Å². The molecule has 3 nitrogen and oxygen atoms in total. The van der Waals surface area contributed by atoms with Gasteiger partial charge in [0.2, 0.25) is 0 Å². The molecule has 0 spiro atoms. The number of fused-ring (bicyclic) bond motifs is 3. The molecule has 0 amide bonds. The van der Waals surface area contributed by atoms with Crippen LogP contribution < -0.4 is 0 Å². The van der Waals surface area contributed by atoms with Gasteiger partial charge in [0.05, 0.1) is 29.2 Å². The molecule has 1 saturated heterocycles. The quantitative estimate of drug-likeness (QED) is 0.444. The molecule has 1 aliphatic heterocycles. The second-order valence-electron chi connectivity index (χ2n) is 9.68. The van der Waals surface area contributed by atoms with Crippen molar-refractivity contribution < 1.29 is 13.8 Å². The van der Waals surface area contributed by atoms with Gasteiger partial charge in [-0.15, -0.1) is 0 Å². The first-order chi connectivity index (χ1) is 12.0. The largest absolute Gasteiger partial charge is 0.376 e. The molecule has 0 aromatic rings. The molecule has 25 heavy (non-hydrogen) atoms. The van der Waals surface area contributed by atoms with Gasteiger partial charge in [-0.1, -0.05) is 22.9 Å². The fourth-order valence-corrected chi connectivity index (χ4v) is 9.95. The first-order valence-electron chi connectivity index (χ1n) is 10.00. The third-order valence-corrected chi connectivity index (χ3v) is 11.6. The highest BCUT2D eigenvalue weighted by atomic mass is 79.9. The van der Waals surface area contributed by atoms with Crippen LogP contribution in [0.2, 0.25) is 0 Å². The van der Waals surface area contributed by atoms with Crippen molar-refractivity contribution in [2.75, 3.05) is 6.61 Å².